The van der Waals surface area contributed by atoms with Crippen molar-refractivity contribution in [1.29, 1.82) is 5.26 Å². The number of hydrogen-bond donors (Lipinski definition) is 1. The molecular formula is C27H29ClFN5O3S. The van der Waals surface area contributed by atoms with Crippen molar-refractivity contribution in [1.82, 2.24) is 14.9 Å². The number of fused-ring (bicyclic) bond motifs is 3. The summed E-state index contributed by atoms with van der Waals surface area (Å²) < 4.78 is 29.3. The first-order chi connectivity index (χ1) is 18.2. The second-order valence-corrected chi connectivity index (χ2v) is 12.0. The highest BCUT2D eigenvalue weighted by atomic mass is 35.5. The Kier molecular flexibility index (Phi) is 6.95. The Morgan fingerprint density at radius 2 is 2.08 bits per heavy atom. The van der Waals surface area contributed by atoms with Gasteiger partial charge in [-0.15, -0.1) is 6.58 Å². The molecule has 1 aromatic heterocycles. The molecule has 2 heterocycles. The van der Waals surface area contributed by atoms with Gasteiger partial charge in [0.25, 0.3) is 0 Å². The molecule has 1 aromatic carbocycles. The van der Waals surface area contributed by atoms with Crippen LogP contribution in [0.4, 0.5) is 15.0 Å². The number of hydrogen-bond acceptors (Lipinski definition) is 6. The maximum Gasteiger partial charge on any atom is 0.407 e. The fourth-order valence-corrected chi connectivity index (χ4v) is 7.31. The normalized spacial score (nSPS) is 26.9. The second kappa shape index (κ2) is 9.93. The predicted octanol–water partition coefficient (Wildman–Crippen LogP) is 4.74. The number of halogens is 2. The van der Waals surface area contributed by atoms with E-state index in [1.165, 1.54) is 11.2 Å². The van der Waals surface area contributed by atoms with Gasteiger partial charge in [0, 0.05) is 41.9 Å². The highest BCUT2D eigenvalue weighted by molar-refractivity contribution is 7.84. The number of nitrogens with zero attached hydrogens (tertiary/aromatic N) is 5. The van der Waals surface area contributed by atoms with Crippen molar-refractivity contribution in [3.63, 3.8) is 0 Å². The van der Waals surface area contributed by atoms with Crippen LogP contribution in [0.3, 0.4) is 0 Å². The first-order valence-electron chi connectivity index (χ1n) is 12.6. The van der Waals surface area contributed by atoms with E-state index in [-0.39, 0.29) is 36.8 Å². The molecule has 0 saturated carbocycles. The molecule has 0 bridgehead atoms. The van der Waals surface area contributed by atoms with Gasteiger partial charge >= 0.3 is 6.09 Å². The molecule has 1 spiro atoms. The molecule has 3 aliphatic rings. The van der Waals surface area contributed by atoms with E-state index in [1.807, 2.05) is 23.1 Å². The van der Waals surface area contributed by atoms with Crippen molar-refractivity contribution in [2.75, 3.05) is 30.8 Å². The van der Waals surface area contributed by atoms with Gasteiger partial charge in [0.15, 0.2) is 6.17 Å². The molecule has 1 unspecified atom stereocenters. The minimum atomic E-state index is -1.57. The number of amides is 1. The van der Waals surface area contributed by atoms with Crippen LogP contribution in [0.1, 0.15) is 54.2 Å². The maximum absolute atomic E-state index is 16.7. The number of piperazine rings is 1. The van der Waals surface area contributed by atoms with Crippen molar-refractivity contribution in [2.45, 2.75) is 60.8 Å². The Labute approximate surface area is 228 Å². The molecule has 1 aliphatic heterocycles. The van der Waals surface area contributed by atoms with Crippen LogP contribution in [-0.2, 0) is 29.1 Å². The Bertz CT molecular complexity index is 1380. The van der Waals surface area contributed by atoms with Gasteiger partial charge < -0.3 is 10.0 Å². The quantitative estimate of drug-likeness (QED) is 0.417. The van der Waals surface area contributed by atoms with Crippen molar-refractivity contribution < 1.29 is 18.5 Å². The number of benzene rings is 1. The SMILES string of the molecule is C=CC[C@]1(CC#N)CN(c2nc(S(C)=O)nc3c2CC[C@@]2(CCc4c(Cl)cccc42)[C@H]3F)CCN1C(=O)O. The highest BCUT2D eigenvalue weighted by Gasteiger charge is 2.52. The lowest BCUT2D eigenvalue weighted by molar-refractivity contribution is 0.0683. The molecule has 1 N–H and O–H groups in total. The molecular weight excluding hydrogens is 529 g/mol. The Morgan fingerprint density at radius 3 is 2.74 bits per heavy atom. The van der Waals surface area contributed by atoms with Crippen molar-refractivity contribution in [3.8, 4) is 6.07 Å². The van der Waals surface area contributed by atoms with Gasteiger partial charge in [-0.25, -0.2) is 19.2 Å². The van der Waals surface area contributed by atoms with Gasteiger partial charge in [0.2, 0.25) is 5.16 Å². The van der Waals surface area contributed by atoms with Crippen LogP contribution in [0.5, 0.6) is 0 Å². The van der Waals surface area contributed by atoms with E-state index in [1.54, 1.807) is 6.08 Å². The minimum absolute atomic E-state index is 0.0337. The third-order valence-electron chi connectivity index (χ3n) is 8.39. The summed E-state index contributed by atoms with van der Waals surface area (Å²) in [6.45, 7) is 4.41. The Hall–Kier alpha value is -3.03. The second-order valence-electron chi connectivity index (χ2n) is 10.3. The predicted molar refractivity (Wildman–Crippen MR) is 143 cm³/mol. The van der Waals surface area contributed by atoms with Crippen LogP contribution in [0.15, 0.2) is 36.0 Å². The molecule has 1 amide bonds. The highest BCUT2D eigenvalue weighted by Crippen LogP contribution is 2.56. The van der Waals surface area contributed by atoms with Crippen LogP contribution in [0.2, 0.25) is 5.02 Å². The summed E-state index contributed by atoms with van der Waals surface area (Å²) in [6.07, 6.45) is 3.13. The van der Waals surface area contributed by atoms with E-state index in [0.717, 1.165) is 11.1 Å². The molecule has 4 atom stereocenters. The number of rotatable bonds is 5. The molecule has 1 saturated heterocycles. The summed E-state index contributed by atoms with van der Waals surface area (Å²) >= 11 is 6.46. The number of carboxylic acid groups (broad SMARTS) is 1. The molecule has 5 rings (SSSR count). The number of anilines is 1. The molecule has 8 nitrogen and oxygen atoms in total. The summed E-state index contributed by atoms with van der Waals surface area (Å²) in [6, 6.07) is 7.76. The lowest BCUT2D eigenvalue weighted by atomic mass is 9.68. The van der Waals surface area contributed by atoms with Gasteiger partial charge in [0.1, 0.15) is 5.82 Å². The van der Waals surface area contributed by atoms with Gasteiger partial charge in [0.05, 0.1) is 34.5 Å². The van der Waals surface area contributed by atoms with Crippen molar-refractivity contribution in [3.05, 3.63) is 58.3 Å². The molecule has 2 aromatic rings. The van der Waals surface area contributed by atoms with Crippen LogP contribution in [0.25, 0.3) is 0 Å². The lowest BCUT2D eigenvalue weighted by Gasteiger charge is -2.49. The fraction of sp³-hybridized carbons (Fsp3) is 0.481. The number of nitriles is 1. The largest absolute Gasteiger partial charge is 0.465 e. The van der Waals surface area contributed by atoms with Crippen LogP contribution < -0.4 is 4.90 Å². The van der Waals surface area contributed by atoms with E-state index in [9.17, 15) is 19.4 Å². The average Bonchev–Trinajstić information content (AvgIpc) is 3.26. The number of carbonyl (C=O) groups is 1. The van der Waals surface area contributed by atoms with Gasteiger partial charge in [-0.1, -0.05) is 29.8 Å². The zero-order chi connectivity index (χ0) is 27.2. The third kappa shape index (κ3) is 4.07. The standard InChI is InChI=1S/C27H29ClFN5O3S/c1-3-9-26(12-13-30)16-33(14-15-34(26)25(35)36)23-18-8-11-27(10-7-17-19(27)5-4-6-20(17)28)22(29)21(18)31-24(32-23)38(2)37/h3-6,22H,1,7-12,14-16H2,2H3,(H,35,36)/t22-,26-,27+,38?/m0/s1. The maximum atomic E-state index is 16.7. The van der Waals surface area contributed by atoms with Crippen LogP contribution in [0, 0.1) is 11.3 Å². The van der Waals surface area contributed by atoms with Gasteiger partial charge in [-0.05, 0) is 49.3 Å². The molecule has 1 fully saturated rings. The van der Waals surface area contributed by atoms with Gasteiger partial charge in [-0.3, -0.25) is 9.11 Å². The van der Waals surface area contributed by atoms with E-state index in [2.05, 4.69) is 22.6 Å². The third-order valence-corrected chi connectivity index (χ3v) is 9.44. The summed E-state index contributed by atoms with van der Waals surface area (Å²) in [5.74, 6) is 0.471. The smallest absolute Gasteiger partial charge is 0.407 e. The van der Waals surface area contributed by atoms with Crippen molar-refractivity contribution >= 4 is 34.3 Å². The summed E-state index contributed by atoms with van der Waals surface area (Å²) in [7, 11) is -1.57. The summed E-state index contributed by atoms with van der Waals surface area (Å²) in [5.41, 5.74) is 0.994. The Balaban J connectivity index is 1.61. The number of aromatic nitrogens is 2. The van der Waals surface area contributed by atoms with Crippen molar-refractivity contribution in [2.24, 2.45) is 0 Å². The van der Waals surface area contributed by atoms with Crippen LogP contribution in [-0.4, -0.2) is 61.7 Å². The van der Waals surface area contributed by atoms with Crippen LogP contribution >= 0.6 is 11.6 Å². The average molecular weight is 558 g/mol. The summed E-state index contributed by atoms with van der Waals surface area (Å²) in [5, 5.41) is 20.1. The zero-order valence-corrected chi connectivity index (χ0v) is 22.7. The molecule has 11 heteroatoms. The topological polar surface area (TPSA) is 110 Å². The van der Waals surface area contributed by atoms with E-state index in [4.69, 9.17) is 11.6 Å². The zero-order valence-electron chi connectivity index (χ0n) is 21.1. The Morgan fingerprint density at radius 1 is 1.34 bits per heavy atom. The minimum Gasteiger partial charge on any atom is -0.465 e. The summed E-state index contributed by atoms with van der Waals surface area (Å²) in [4.78, 5) is 24.4. The molecule has 2 aliphatic carbocycles. The van der Waals surface area contributed by atoms with E-state index >= 15 is 4.39 Å². The molecule has 38 heavy (non-hydrogen) atoms. The van der Waals surface area contributed by atoms with E-state index in [0.29, 0.717) is 48.6 Å². The van der Waals surface area contributed by atoms with E-state index < -0.39 is 34.0 Å². The first-order valence-corrected chi connectivity index (χ1v) is 14.5. The molecule has 200 valence electrons. The van der Waals surface area contributed by atoms with Gasteiger partial charge in [-0.2, -0.15) is 5.26 Å². The first kappa shape index (κ1) is 26.6. The monoisotopic (exact) mass is 557 g/mol. The fourth-order valence-electron chi connectivity index (χ4n) is 6.60. The molecule has 0 radical (unpaired) electrons. The number of alkyl halides is 1. The lowest BCUT2D eigenvalue weighted by Crippen LogP contribution is -2.64.